The first-order chi connectivity index (χ1) is 20.5. The smallest absolute Gasteiger partial charge is 0.144 e. The van der Waals surface area contributed by atoms with Crippen LogP contribution in [0.5, 0.6) is 0 Å². The van der Waals surface area contributed by atoms with E-state index in [1.165, 1.54) is 24.6 Å². The molecule has 4 atom stereocenters. The van der Waals surface area contributed by atoms with Gasteiger partial charge in [-0.2, -0.15) is 20.6 Å². The van der Waals surface area contributed by atoms with Gasteiger partial charge < -0.3 is 5.32 Å². The lowest BCUT2D eigenvalue weighted by Crippen LogP contribution is -2.32. The van der Waals surface area contributed by atoms with Crippen molar-refractivity contribution in [1.82, 2.24) is 14.6 Å². The number of anilines is 1. The molecule has 7 rings (SSSR count). The van der Waals surface area contributed by atoms with Crippen LogP contribution < -0.4 is 5.32 Å². The number of nitrogens with one attached hydrogen (secondary N) is 1. The molecule has 0 amide bonds. The normalized spacial score (nSPS) is 23.2. The molecule has 2 saturated carbocycles. The summed E-state index contributed by atoms with van der Waals surface area (Å²) in [4.78, 5) is 4.34. The monoisotopic (exact) mass is 559 g/mol. The molecule has 2 unspecified atom stereocenters. The van der Waals surface area contributed by atoms with Crippen molar-refractivity contribution in [2.45, 2.75) is 58.4 Å². The highest BCUT2D eigenvalue weighted by Gasteiger charge is 2.44. The van der Waals surface area contributed by atoms with E-state index in [1.807, 2.05) is 22.7 Å². The van der Waals surface area contributed by atoms with Crippen molar-refractivity contribution in [1.29, 1.82) is 5.26 Å². The number of nitriles is 1. The Morgan fingerprint density at radius 2 is 1.90 bits per heavy atom. The molecule has 212 valence electrons. The van der Waals surface area contributed by atoms with Gasteiger partial charge in [0, 0.05) is 47.1 Å². The molecule has 1 aromatic carbocycles. The standard InChI is InChI=1S/C34H34FN7/c1-20(2)39-31-15-24(34-10-8-26-12-21(18-36)19-38-42(26)34)7-9-27(31)32-17-30(40-41-32)25-13-22-5-6-23(14-25)28(22)16-33-29(35)4-3-11-37-33/h3-4,7-12,15,19-20,22-23,25,28,39H,5-6,13-14,16-17H2,1-2H3/t22-,23+,25?,28?. The van der Waals surface area contributed by atoms with Crippen LogP contribution in [0.25, 0.3) is 16.8 Å². The zero-order chi connectivity index (χ0) is 28.8. The summed E-state index contributed by atoms with van der Waals surface area (Å²) in [5.74, 6) is 1.95. The number of hydrogen-bond acceptors (Lipinski definition) is 6. The van der Waals surface area contributed by atoms with Crippen LogP contribution in [0, 0.1) is 40.8 Å². The fourth-order valence-corrected chi connectivity index (χ4v) is 7.46. The number of pyridine rings is 1. The Kier molecular flexibility index (Phi) is 6.81. The van der Waals surface area contributed by atoms with Gasteiger partial charge in [0.15, 0.2) is 0 Å². The van der Waals surface area contributed by atoms with Crippen LogP contribution in [0.3, 0.4) is 0 Å². The van der Waals surface area contributed by atoms with Gasteiger partial charge in [0.05, 0.1) is 34.4 Å². The lowest BCUT2D eigenvalue weighted by molar-refractivity contribution is 0.197. The van der Waals surface area contributed by atoms with E-state index in [4.69, 9.17) is 10.2 Å². The second-order valence-corrected chi connectivity index (χ2v) is 12.4. The molecule has 4 aromatic rings. The molecule has 0 spiro atoms. The van der Waals surface area contributed by atoms with Gasteiger partial charge >= 0.3 is 0 Å². The third-order valence-corrected chi connectivity index (χ3v) is 9.38. The molecule has 2 bridgehead atoms. The Labute approximate surface area is 245 Å². The number of rotatable bonds is 7. The molecule has 1 N–H and O–H groups in total. The second kappa shape index (κ2) is 10.8. The highest BCUT2D eigenvalue weighted by molar-refractivity contribution is 6.18. The van der Waals surface area contributed by atoms with Gasteiger partial charge in [0.1, 0.15) is 11.9 Å². The summed E-state index contributed by atoms with van der Waals surface area (Å²) in [7, 11) is 0. The summed E-state index contributed by atoms with van der Waals surface area (Å²) in [5, 5.41) is 26.8. The summed E-state index contributed by atoms with van der Waals surface area (Å²) in [6.45, 7) is 4.27. The molecule has 42 heavy (non-hydrogen) atoms. The van der Waals surface area contributed by atoms with Crippen LogP contribution in [0.2, 0.25) is 0 Å². The molecule has 3 aliphatic rings. The van der Waals surface area contributed by atoms with Gasteiger partial charge in [-0.05, 0) is 100 Å². The fraction of sp³-hybridized carbons (Fsp3) is 0.382. The van der Waals surface area contributed by atoms with Crippen molar-refractivity contribution in [2.75, 3.05) is 5.32 Å². The van der Waals surface area contributed by atoms with Crippen LogP contribution in [-0.2, 0) is 6.42 Å². The molecule has 8 heteroatoms. The van der Waals surface area contributed by atoms with E-state index in [0.29, 0.717) is 34.9 Å². The molecule has 2 aliphatic carbocycles. The van der Waals surface area contributed by atoms with Gasteiger partial charge in [-0.1, -0.05) is 12.1 Å². The second-order valence-electron chi connectivity index (χ2n) is 12.4. The summed E-state index contributed by atoms with van der Waals surface area (Å²) < 4.78 is 16.2. The SMILES string of the molecule is CC(C)Nc1cc(-c2ccc3cc(C#N)cnn23)ccc1C1=NN=C(C2C[C@H]3CC[C@@H](C2)C3Cc2ncccc2F)C1. The van der Waals surface area contributed by atoms with Crippen molar-refractivity contribution in [3.05, 3.63) is 83.6 Å². The van der Waals surface area contributed by atoms with Crippen LogP contribution in [0.15, 0.2) is 71.1 Å². The summed E-state index contributed by atoms with van der Waals surface area (Å²) in [6, 6.07) is 17.9. The molecule has 4 heterocycles. The maximum atomic E-state index is 14.3. The van der Waals surface area contributed by atoms with E-state index in [0.717, 1.165) is 59.4 Å². The third kappa shape index (κ3) is 4.87. The first kappa shape index (κ1) is 26.5. The van der Waals surface area contributed by atoms with Crippen molar-refractivity contribution in [3.63, 3.8) is 0 Å². The quantitative estimate of drug-likeness (QED) is 0.262. The topological polar surface area (TPSA) is 90.7 Å². The average molecular weight is 560 g/mol. The van der Waals surface area contributed by atoms with E-state index in [-0.39, 0.29) is 11.9 Å². The zero-order valence-electron chi connectivity index (χ0n) is 24.0. The lowest BCUT2D eigenvalue weighted by Gasteiger charge is -2.35. The van der Waals surface area contributed by atoms with Crippen molar-refractivity contribution in [3.8, 4) is 17.3 Å². The van der Waals surface area contributed by atoms with E-state index in [1.54, 1.807) is 18.5 Å². The first-order valence-corrected chi connectivity index (χ1v) is 15.0. The number of aromatic nitrogens is 3. The van der Waals surface area contributed by atoms with Crippen LogP contribution >= 0.6 is 0 Å². The molecular weight excluding hydrogens is 525 g/mol. The maximum Gasteiger partial charge on any atom is 0.144 e. The minimum absolute atomic E-state index is 0.177. The zero-order valence-corrected chi connectivity index (χ0v) is 24.0. The molecule has 2 fully saturated rings. The largest absolute Gasteiger partial charge is 0.382 e. The van der Waals surface area contributed by atoms with Gasteiger partial charge in [0.2, 0.25) is 0 Å². The molecule has 1 aliphatic heterocycles. The molecule has 7 nitrogen and oxygen atoms in total. The van der Waals surface area contributed by atoms with E-state index in [2.05, 4.69) is 53.5 Å². The number of hydrogen-bond donors (Lipinski definition) is 1. The minimum atomic E-state index is -0.177. The summed E-state index contributed by atoms with van der Waals surface area (Å²) in [6.07, 6.45) is 9.45. The predicted molar refractivity (Wildman–Crippen MR) is 163 cm³/mol. The first-order valence-electron chi connectivity index (χ1n) is 15.0. The number of benzene rings is 1. The number of fused-ring (bicyclic) bond motifs is 3. The van der Waals surface area contributed by atoms with Crippen molar-refractivity contribution < 1.29 is 4.39 Å². The summed E-state index contributed by atoms with van der Waals surface area (Å²) >= 11 is 0. The lowest BCUT2D eigenvalue weighted by atomic mass is 9.69. The van der Waals surface area contributed by atoms with Crippen molar-refractivity contribution in [2.24, 2.45) is 33.9 Å². The van der Waals surface area contributed by atoms with Gasteiger partial charge in [0.25, 0.3) is 0 Å². The van der Waals surface area contributed by atoms with Gasteiger partial charge in [-0.25, -0.2) is 8.91 Å². The Morgan fingerprint density at radius 3 is 2.67 bits per heavy atom. The Hall–Kier alpha value is -4.38. The average Bonchev–Trinajstić information content (AvgIpc) is 3.69. The Balaban J connectivity index is 1.08. The van der Waals surface area contributed by atoms with Crippen LogP contribution in [0.4, 0.5) is 10.1 Å². The molecule has 3 aromatic heterocycles. The molecular formula is C34H34FN7. The van der Waals surface area contributed by atoms with Crippen LogP contribution in [0.1, 0.15) is 62.8 Å². The Bertz CT molecular complexity index is 1750. The van der Waals surface area contributed by atoms with Gasteiger partial charge in [-0.3, -0.25) is 4.98 Å². The fourth-order valence-electron chi connectivity index (χ4n) is 7.46. The third-order valence-electron chi connectivity index (χ3n) is 9.38. The maximum absolute atomic E-state index is 14.3. The van der Waals surface area contributed by atoms with E-state index in [9.17, 15) is 9.65 Å². The van der Waals surface area contributed by atoms with Crippen LogP contribution in [-0.4, -0.2) is 32.1 Å². The van der Waals surface area contributed by atoms with E-state index >= 15 is 0 Å². The summed E-state index contributed by atoms with van der Waals surface area (Å²) in [5.41, 5.74) is 8.36. The minimum Gasteiger partial charge on any atom is -0.382 e. The highest BCUT2D eigenvalue weighted by Crippen LogP contribution is 2.51. The number of halogens is 1. The predicted octanol–water partition coefficient (Wildman–Crippen LogP) is 7.07. The number of nitrogens with zero attached hydrogens (tertiary/aromatic N) is 6. The Morgan fingerprint density at radius 1 is 1.07 bits per heavy atom. The highest BCUT2D eigenvalue weighted by atomic mass is 19.1. The van der Waals surface area contributed by atoms with Gasteiger partial charge in [-0.15, -0.1) is 0 Å². The van der Waals surface area contributed by atoms with E-state index < -0.39 is 0 Å². The molecule has 0 saturated heterocycles. The molecule has 0 radical (unpaired) electrons. The van der Waals surface area contributed by atoms with Crippen molar-refractivity contribution >= 4 is 22.6 Å².